The minimum absolute atomic E-state index is 0.0270. The van der Waals surface area contributed by atoms with Gasteiger partial charge in [0.1, 0.15) is 17.6 Å². The van der Waals surface area contributed by atoms with E-state index in [1.54, 1.807) is 11.8 Å². The topological polar surface area (TPSA) is 65.5 Å². The average molecular weight is 654 g/mol. The van der Waals surface area contributed by atoms with Crippen molar-refractivity contribution in [2.75, 3.05) is 32.8 Å². The quantitative estimate of drug-likeness (QED) is 0.318. The maximum Gasteiger partial charge on any atom is 0.326 e. The highest BCUT2D eigenvalue weighted by molar-refractivity contribution is 9.10. The molecule has 1 saturated heterocycles. The maximum absolute atomic E-state index is 14.4. The van der Waals surface area contributed by atoms with E-state index >= 15 is 0 Å². The lowest BCUT2D eigenvalue weighted by Crippen LogP contribution is -2.54. The molecule has 9 heteroatoms. The highest BCUT2D eigenvalue weighted by atomic mass is 79.9. The Morgan fingerprint density at radius 3 is 2.00 bits per heavy atom. The fraction of sp³-hybridized carbons (Fsp3) is 0.300. The molecule has 2 atom stereocenters. The second-order valence-electron chi connectivity index (χ2n) is 9.52. The molecule has 3 aromatic rings. The Bertz CT molecular complexity index is 1370. The van der Waals surface area contributed by atoms with Gasteiger partial charge in [0.25, 0.3) is 0 Å². The smallest absolute Gasteiger partial charge is 0.326 e. The minimum atomic E-state index is -0.373. The predicted octanol–water partition coefficient (Wildman–Crippen LogP) is 6.44. The first-order chi connectivity index (χ1) is 18.9. The van der Waals surface area contributed by atoms with Crippen LogP contribution in [0.15, 0.2) is 86.7 Å². The van der Waals surface area contributed by atoms with Gasteiger partial charge in [0, 0.05) is 42.0 Å². The number of rotatable bonds is 5. The molecule has 1 fully saturated rings. The van der Waals surface area contributed by atoms with Crippen LogP contribution in [0.3, 0.4) is 0 Å². The molecule has 7 nitrogen and oxygen atoms in total. The summed E-state index contributed by atoms with van der Waals surface area (Å²) >= 11 is 7.09. The summed E-state index contributed by atoms with van der Waals surface area (Å²) in [4.78, 5) is 37.0. The van der Waals surface area contributed by atoms with Crippen molar-refractivity contribution in [2.45, 2.75) is 25.9 Å². The summed E-state index contributed by atoms with van der Waals surface area (Å²) in [7, 11) is 0. The van der Waals surface area contributed by atoms with Gasteiger partial charge in [-0.25, -0.2) is 4.79 Å². The van der Waals surface area contributed by atoms with E-state index < -0.39 is 0 Å². The van der Waals surface area contributed by atoms with Crippen molar-refractivity contribution < 1.29 is 14.3 Å². The number of piperazine rings is 1. The summed E-state index contributed by atoms with van der Waals surface area (Å²) in [5.41, 5.74) is 2.76. The molecule has 2 aliphatic heterocycles. The van der Waals surface area contributed by atoms with E-state index in [9.17, 15) is 9.59 Å². The second-order valence-corrected chi connectivity index (χ2v) is 11.4. The summed E-state index contributed by atoms with van der Waals surface area (Å²) in [5.74, 6) is 1.29. The molecule has 0 saturated carbocycles. The van der Waals surface area contributed by atoms with E-state index in [0.717, 1.165) is 25.6 Å². The molecule has 39 heavy (non-hydrogen) atoms. The van der Waals surface area contributed by atoms with Gasteiger partial charge in [-0.15, -0.1) is 0 Å². The van der Waals surface area contributed by atoms with E-state index in [-0.39, 0.29) is 24.0 Å². The third kappa shape index (κ3) is 5.75. The monoisotopic (exact) mass is 652 g/mol. The summed E-state index contributed by atoms with van der Waals surface area (Å²) in [6.07, 6.45) is 0. The summed E-state index contributed by atoms with van der Waals surface area (Å²) < 4.78 is 7.93. The number of ether oxygens (including phenoxy) is 1. The summed E-state index contributed by atoms with van der Waals surface area (Å²) in [6.45, 7) is 5.96. The number of carbonyl (C=O) groups is 2. The molecule has 0 N–H and O–H groups in total. The lowest BCUT2D eigenvalue weighted by Gasteiger charge is -2.38. The third-order valence-electron chi connectivity index (χ3n) is 7.12. The Hall–Kier alpha value is -3.17. The number of urea groups is 1. The van der Waals surface area contributed by atoms with Crippen LogP contribution >= 0.6 is 31.9 Å². The van der Waals surface area contributed by atoms with Crippen LogP contribution in [0, 0.1) is 0 Å². The van der Waals surface area contributed by atoms with Crippen LogP contribution in [-0.2, 0) is 4.79 Å². The zero-order valence-electron chi connectivity index (χ0n) is 21.9. The van der Waals surface area contributed by atoms with Crippen LogP contribution in [0.25, 0.3) is 0 Å². The fourth-order valence-corrected chi connectivity index (χ4v) is 5.68. The SMILES string of the molecule is CCOc1ccccc1C1=NC(c2ccc(Br)cc2)C(c2ccc(Br)cc2)N1C(=O)N1CCN(C(C)=O)CC1. The molecule has 0 radical (unpaired) electrons. The highest BCUT2D eigenvalue weighted by Crippen LogP contribution is 2.45. The van der Waals surface area contributed by atoms with Crippen molar-refractivity contribution in [1.29, 1.82) is 0 Å². The molecular weight excluding hydrogens is 624 g/mol. The molecular formula is C30H30Br2N4O3. The normalized spacial score (nSPS) is 19.2. The van der Waals surface area contributed by atoms with Crippen molar-refractivity contribution in [1.82, 2.24) is 14.7 Å². The first-order valence-corrected chi connectivity index (χ1v) is 14.6. The van der Waals surface area contributed by atoms with Gasteiger partial charge >= 0.3 is 6.03 Å². The van der Waals surface area contributed by atoms with Crippen LogP contribution in [0.1, 0.15) is 42.6 Å². The number of para-hydroxylation sites is 1. The van der Waals surface area contributed by atoms with Gasteiger partial charge in [-0.2, -0.15) is 0 Å². The summed E-state index contributed by atoms with van der Waals surface area (Å²) in [6, 6.07) is 23.1. The van der Waals surface area contributed by atoms with Crippen LogP contribution in [0.5, 0.6) is 5.75 Å². The minimum Gasteiger partial charge on any atom is -0.493 e. The lowest BCUT2D eigenvalue weighted by molar-refractivity contribution is -0.130. The molecule has 5 rings (SSSR count). The molecule has 0 bridgehead atoms. The number of amidine groups is 1. The Morgan fingerprint density at radius 1 is 0.846 bits per heavy atom. The average Bonchev–Trinajstić information content (AvgIpc) is 3.34. The zero-order chi connectivity index (χ0) is 27.5. The van der Waals surface area contributed by atoms with Crippen LogP contribution in [0.4, 0.5) is 4.79 Å². The second kappa shape index (κ2) is 11.9. The first-order valence-electron chi connectivity index (χ1n) is 13.0. The van der Waals surface area contributed by atoms with Crippen LogP contribution < -0.4 is 4.74 Å². The van der Waals surface area contributed by atoms with E-state index in [4.69, 9.17) is 9.73 Å². The molecule has 202 valence electrons. The van der Waals surface area contributed by atoms with Crippen molar-refractivity contribution in [3.05, 3.63) is 98.4 Å². The number of nitrogens with zero attached hydrogens (tertiary/aromatic N) is 4. The Kier molecular flexibility index (Phi) is 8.37. The lowest BCUT2D eigenvalue weighted by atomic mass is 9.94. The number of amides is 3. The van der Waals surface area contributed by atoms with Gasteiger partial charge in [-0.05, 0) is 54.4 Å². The number of hydrogen-bond acceptors (Lipinski definition) is 4. The summed E-state index contributed by atoms with van der Waals surface area (Å²) in [5, 5.41) is 0. The molecule has 3 aromatic carbocycles. The van der Waals surface area contributed by atoms with Crippen LogP contribution in [-0.4, -0.2) is 65.3 Å². The van der Waals surface area contributed by atoms with E-state index in [1.807, 2.05) is 77.4 Å². The standard InChI is InChI=1S/C30H30Br2N4O3/c1-3-39-26-7-5-4-6-25(26)29-33-27(21-8-12-23(31)13-9-21)28(22-10-14-24(32)15-11-22)36(29)30(38)35-18-16-34(17-19-35)20(2)37/h4-15,27-28H,3,16-19H2,1-2H3. The van der Waals surface area contributed by atoms with Crippen molar-refractivity contribution in [3.8, 4) is 5.75 Å². The Labute approximate surface area is 245 Å². The van der Waals surface area contributed by atoms with Gasteiger partial charge < -0.3 is 14.5 Å². The van der Waals surface area contributed by atoms with E-state index in [2.05, 4.69) is 44.0 Å². The first kappa shape index (κ1) is 27.4. The van der Waals surface area contributed by atoms with Gasteiger partial charge in [0.2, 0.25) is 5.91 Å². The van der Waals surface area contributed by atoms with E-state index in [0.29, 0.717) is 44.4 Å². The molecule has 0 aromatic heterocycles. The van der Waals surface area contributed by atoms with Crippen molar-refractivity contribution in [3.63, 3.8) is 0 Å². The predicted molar refractivity (Wildman–Crippen MR) is 159 cm³/mol. The third-order valence-corrected chi connectivity index (χ3v) is 8.18. The van der Waals surface area contributed by atoms with Gasteiger partial charge in [0.15, 0.2) is 0 Å². The molecule has 0 spiro atoms. The molecule has 2 heterocycles. The van der Waals surface area contributed by atoms with Crippen molar-refractivity contribution in [2.24, 2.45) is 4.99 Å². The largest absolute Gasteiger partial charge is 0.493 e. The van der Waals surface area contributed by atoms with Crippen molar-refractivity contribution >= 4 is 49.6 Å². The van der Waals surface area contributed by atoms with Crippen LogP contribution in [0.2, 0.25) is 0 Å². The molecule has 2 unspecified atom stereocenters. The Balaban J connectivity index is 1.63. The fourth-order valence-electron chi connectivity index (χ4n) is 5.15. The van der Waals surface area contributed by atoms with Gasteiger partial charge in [-0.1, -0.05) is 68.3 Å². The van der Waals surface area contributed by atoms with Gasteiger partial charge in [0.05, 0.1) is 18.2 Å². The van der Waals surface area contributed by atoms with Gasteiger partial charge in [-0.3, -0.25) is 14.7 Å². The maximum atomic E-state index is 14.4. The number of aliphatic imine (C=N–C) groups is 1. The Morgan fingerprint density at radius 2 is 1.41 bits per heavy atom. The number of benzene rings is 3. The molecule has 2 aliphatic rings. The highest BCUT2D eigenvalue weighted by Gasteiger charge is 2.44. The molecule has 0 aliphatic carbocycles. The number of carbonyl (C=O) groups excluding carboxylic acids is 2. The zero-order valence-corrected chi connectivity index (χ0v) is 25.1. The molecule has 3 amide bonds. The number of hydrogen-bond donors (Lipinski definition) is 0. The number of halogens is 2. The van der Waals surface area contributed by atoms with E-state index in [1.165, 1.54) is 0 Å².